The van der Waals surface area contributed by atoms with Crippen LogP contribution >= 0.6 is 0 Å². The average molecular weight is 164 g/mol. The second-order valence-electron chi connectivity index (χ2n) is 2.18. The summed E-state index contributed by atoms with van der Waals surface area (Å²) >= 11 is 0. The van der Waals surface area contributed by atoms with Crippen LogP contribution in [0.1, 0.15) is 6.92 Å². The third kappa shape index (κ3) is 3.67. The molecule has 0 fully saturated rings. The van der Waals surface area contributed by atoms with E-state index < -0.39 is 6.29 Å². The molecule has 0 saturated carbocycles. The number of hydrogen-bond donors (Lipinski definition) is 2. The molecule has 0 aromatic carbocycles. The van der Waals surface area contributed by atoms with Gasteiger partial charge in [-0.25, -0.2) is 0 Å². The van der Waals surface area contributed by atoms with Gasteiger partial charge in [-0.15, -0.1) is 0 Å². The smallest absolute Gasteiger partial charge is 0.164 e. The van der Waals surface area contributed by atoms with Crippen LogP contribution in [0.2, 0.25) is 0 Å². The van der Waals surface area contributed by atoms with Crippen LogP contribution in [0.5, 0.6) is 0 Å². The molecule has 0 aromatic heterocycles. The van der Waals surface area contributed by atoms with E-state index in [2.05, 4.69) is 0 Å². The van der Waals surface area contributed by atoms with Crippen molar-refractivity contribution < 1.29 is 19.7 Å². The van der Waals surface area contributed by atoms with Crippen LogP contribution in [-0.4, -0.2) is 43.4 Å². The highest BCUT2D eigenvalue weighted by molar-refractivity contribution is 4.59. The molecule has 0 bridgehead atoms. The van der Waals surface area contributed by atoms with E-state index in [4.69, 9.17) is 19.7 Å². The summed E-state index contributed by atoms with van der Waals surface area (Å²) < 4.78 is 9.99. The van der Waals surface area contributed by atoms with Crippen molar-refractivity contribution in [3.63, 3.8) is 0 Å². The number of aliphatic hydroxyl groups excluding tert-OH is 2. The van der Waals surface area contributed by atoms with E-state index in [0.717, 1.165) is 0 Å². The first kappa shape index (κ1) is 10.8. The molecule has 4 heteroatoms. The molecule has 2 N–H and O–H groups in total. The quantitative estimate of drug-likeness (QED) is 0.524. The molecule has 0 aromatic rings. The summed E-state index contributed by atoms with van der Waals surface area (Å²) in [4.78, 5) is 0. The predicted octanol–water partition coefficient (Wildman–Crippen LogP) is -0.404. The Morgan fingerprint density at radius 2 is 1.82 bits per heavy atom. The van der Waals surface area contributed by atoms with E-state index in [1.54, 1.807) is 0 Å². The second kappa shape index (κ2) is 6.54. The molecule has 0 aliphatic rings. The molecule has 0 amide bonds. The maximum Gasteiger partial charge on any atom is 0.164 e. The van der Waals surface area contributed by atoms with E-state index in [9.17, 15) is 0 Å². The number of rotatable bonds is 6. The lowest BCUT2D eigenvalue weighted by Gasteiger charge is -2.21. The Balaban J connectivity index is 3.76. The molecule has 0 radical (unpaired) electrons. The number of hydrogen-bond acceptors (Lipinski definition) is 4. The molecule has 0 rings (SSSR count). The summed E-state index contributed by atoms with van der Waals surface area (Å²) in [5, 5.41) is 17.5. The van der Waals surface area contributed by atoms with Crippen LogP contribution in [0, 0.1) is 5.92 Å². The van der Waals surface area contributed by atoms with Crippen molar-refractivity contribution in [3.8, 4) is 0 Å². The van der Waals surface area contributed by atoms with Crippen LogP contribution in [0.15, 0.2) is 0 Å². The van der Waals surface area contributed by atoms with Gasteiger partial charge in [0.1, 0.15) is 0 Å². The number of methoxy groups -OCH3 is 1. The lowest BCUT2D eigenvalue weighted by Crippen LogP contribution is -2.31. The molecule has 0 aliphatic heterocycles. The van der Waals surface area contributed by atoms with Crippen molar-refractivity contribution in [2.75, 3.05) is 26.9 Å². The summed E-state index contributed by atoms with van der Waals surface area (Å²) in [5.74, 6) is -0.347. The highest BCUT2D eigenvalue weighted by Crippen LogP contribution is 2.07. The van der Waals surface area contributed by atoms with Gasteiger partial charge in [-0.3, -0.25) is 0 Å². The van der Waals surface area contributed by atoms with Crippen LogP contribution in [-0.2, 0) is 9.47 Å². The summed E-state index contributed by atoms with van der Waals surface area (Å²) in [6.07, 6.45) is -0.505. The number of ether oxygens (including phenoxy) is 2. The zero-order valence-electron chi connectivity index (χ0n) is 6.99. The molecular formula is C7H16O4. The van der Waals surface area contributed by atoms with E-state index in [1.165, 1.54) is 7.11 Å². The van der Waals surface area contributed by atoms with Gasteiger partial charge in [0.2, 0.25) is 0 Å². The largest absolute Gasteiger partial charge is 0.396 e. The highest BCUT2D eigenvalue weighted by Gasteiger charge is 2.19. The minimum absolute atomic E-state index is 0.130. The lowest BCUT2D eigenvalue weighted by molar-refractivity contribution is -0.168. The predicted molar refractivity (Wildman–Crippen MR) is 40.1 cm³/mol. The molecular weight excluding hydrogens is 148 g/mol. The maximum absolute atomic E-state index is 8.73. The molecule has 0 spiro atoms. The lowest BCUT2D eigenvalue weighted by atomic mass is 10.2. The van der Waals surface area contributed by atoms with Gasteiger partial charge in [-0.1, -0.05) is 0 Å². The molecule has 4 nitrogen and oxygen atoms in total. The maximum atomic E-state index is 8.73. The monoisotopic (exact) mass is 164 g/mol. The minimum Gasteiger partial charge on any atom is -0.396 e. The Labute approximate surface area is 66.7 Å². The molecule has 68 valence electrons. The van der Waals surface area contributed by atoms with Gasteiger partial charge < -0.3 is 19.7 Å². The van der Waals surface area contributed by atoms with Crippen molar-refractivity contribution in [3.05, 3.63) is 0 Å². The third-order valence-electron chi connectivity index (χ3n) is 1.42. The fourth-order valence-corrected chi connectivity index (χ4v) is 0.791. The Morgan fingerprint density at radius 1 is 1.27 bits per heavy atom. The van der Waals surface area contributed by atoms with Crippen molar-refractivity contribution in [1.82, 2.24) is 0 Å². The minimum atomic E-state index is -0.505. The third-order valence-corrected chi connectivity index (χ3v) is 1.42. The van der Waals surface area contributed by atoms with Crippen molar-refractivity contribution >= 4 is 0 Å². The first-order chi connectivity index (χ1) is 5.29. The first-order valence-corrected chi connectivity index (χ1v) is 3.66. The SMILES string of the molecule is CCOC(OC)C(CO)CO. The number of aliphatic hydroxyl groups is 2. The molecule has 0 aliphatic carbocycles. The summed E-state index contributed by atoms with van der Waals surface area (Å²) in [7, 11) is 1.48. The normalized spacial score (nSPS) is 13.9. The molecule has 11 heavy (non-hydrogen) atoms. The Kier molecular flexibility index (Phi) is 6.45. The van der Waals surface area contributed by atoms with Crippen LogP contribution in [0.4, 0.5) is 0 Å². The zero-order valence-corrected chi connectivity index (χ0v) is 6.99. The Hall–Kier alpha value is -0.160. The Bertz CT molecular complexity index is 82.5. The van der Waals surface area contributed by atoms with Gasteiger partial charge in [0, 0.05) is 13.7 Å². The van der Waals surface area contributed by atoms with Crippen molar-refractivity contribution in [2.24, 2.45) is 5.92 Å². The topological polar surface area (TPSA) is 58.9 Å². The van der Waals surface area contributed by atoms with E-state index in [0.29, 0.717) is 6.61 Å². The van der Waals surface area contributed by atoms with Crippen LogP contribution in [0.3, 0.4) is 0 Å². The molecule has 1 atom stereocenters. The van der Waals surface area contributed by atoms with Gasteiger partial charge in [0.15, 0.2) is 6.29 Å². The van der Waals surface area contributed by atoms with E-state index in [-0.39, 0.29) is 19.1 Å². The summed E-state index contributed by atoms with van der Waals surface area (Å²) in [6.45, 7) is 2.08. The second-order valence-corrected chi connectivity index (χ2v) is 2.18. The van der Waals surface area contributed by atoms with Gasteiger partial charge >= 0.3 is 0 Å². The first-order valence-electron chi connectivity index (χ1n) is 3.66. The molecule has 0 heterocycles. The fraction of sp³-hybridized carbons (Fsp3) is 1.00. The van der Waals surface area contributed by atoms with Gasteiger partial charge in [-0.2, -0.15) is 0 Å². The van der Waals surface area contributed by atoms with E-state index >= 15 is 0 Å². The van der Waals surface area contributed by atoms with Gasteiger partial charge in [0.25, 0.3) is 0 Å². The average Bonchev–Trinajstić information content (AvgIpc) is 2.05. The Morgan fingerprint density at radius 3 is 2.09 bits per heavy atom. The zero-order chi connectivity index (χ0) is 8.69. The van der Waals surface area contributed by atoms with Gasteiger partial charge in [-0.05, 0) is 6.92 Å². The highest BCUT2D eigenvalue weighted by atomic mass is 16.7. The molecule has 1 unspecified atom stereocenters. The van der Waals surface area contributed by atoms with Crippen molar-refractivity contribution in [2.45, 2.75) is 13.2 Å². The summed E-state index contributed by atoms with van der Waals surface area (Å²) in [6, 6.07) is 0. The standard InChI is InChI=1S/C7H16O4/c1-3-11-7(10-2)6(4-8)5-9/h6-9H,3-5H2,1-2H3. The molecule has 0 saturated heterocycles. The fourth-order valence-electron chi connectivity index (χ4n) is 0.791. The van der Waals surface area contributed by atoms with E-state index in [1.807, 2.05) is 6.92 Å². The van der Waals surface area contributed by atoms with Crippen molar-refractivity contribution in [1.29, 1.82) is 0 Å². The summed E-state index contributed by atoms with van der Waals surface area (Å²) in [5.41, 5.74) is 0. The van der Waals surface area contributed by atoms with Crippen LogP contribution < -0.4 is 0 Å². The van der Waals surface area contributed by atoms with Gasteiger partial charge in [0.05, 0.1) is 19.1 Å². The van der Waals surface area contributed by atoms with Crippen LogP contribution in [0.25, 0.3) is 0 Å².